The Hall–Kier alpha value is -1.55. The fourth-order valence-electron chi connectivity index (χ4n) is 1.42. The van der Waals surface area contributed by atoms with Gasteiger partial charge in [0, 0.05) is 19.6 Å². The van der Waals surface area contributed by atoms with Crippen LogP contribution in [0.2, 0.25) is 0 Å². The third-order valence-corrected chi connectivity index (χ3v) is 2.75. The summed E-state index contributed by atoms with van der Waals surface area (Å²) in [4.78, 5) is 11.6. The summed E-state index contributed by atoms with van der Waals surface area (Å²) in [6.45, 7) is 9.96. The molecule has 4 nitrogen and oxygen atoms in total. The molecule has 0 aromatic carbocycles. The molecule has 0 unspecified atom stereocenters. The van der Waals surface area contributed by atoms with E-state index in [0.29, 0.717) is 19.4 Å². The lowest BCUT2D eigenvalue weighted by molar-refractivity contribution is 0.0788. The minimum Gasteiger partial charge on any atom is -0.446 e. The number of allylic oxidation sites excluding steroid dienone is 3. The Balaban J connectivity index is 4.27. The first-order valence-electron chi connectivity index (χ1n) is 6.58. The predicted molar refractivity (Wildman–Crippen MR) is 78.0 cm³/mol. The molecule has 108 valence electrons. The molecule has 0 aliphatic heterocycles. The van der Waals surface area contributed by atoms with Crippen LogP contribution in [0.25, 0.3) is 0 Å². The maximum Gasteiger partial charge on any atom is 0.407 e. The van der Waals surface area contributed by atoms with Crippen molar-refractivity contribution in [1.29, 1.82) is 0 Å². The maximum atomic E-state index is 11.6. The number of alkyl carbamates (subject to hydrolysis) is 1. The molecule has 0 radical (unpaired) electrons. The van der Waals surface area contributed by atoms with Crippen LogP contribution >= 0.6 is 0 Å². The summed E-state index contributed by atoms with van der Waals surface area (Å²) >= 11 is 0. The molecular weight excluding hydrogens is 242 g/mol. The zero-order valence-corrected chi connectivity index (χ0v) is 12.1. The van der Waals surface area contributed by atoms with Gasteiger partial charge < -0.3 is 15.2 Å². The summed E-state index contributed by atoms with van der Waals surface area (Å²) in [5, 5.41) is 11.5. The van der Waals surface area contributed by atoms with E-state index in [9.17, 15) is 4.79 Å². The van der Waals surface area contributed by atoms with Crippen molar-refractivity contribution in [3.05, 3.63) is 36.0 Å². The van der Waals surface area contributed by atoms with Crippen molar-refractivity contribution in [1.82, 2.24) is 5.32 Å². The quantitative estimate of drug-likeness (QED) is 0.665. The molecule has 0 heterocycles. The van der Waals surface area contributed by atoms with Gasteiger partial charge in [-0.3, -0.25) is 0 Å². The second-order valence-corrected chi connectivity index (χ2v) is 4.26. The number of nitrogens with one attached hydrogen (secondary N) is 1. The summed E-state index contributed by atoms with van der Waals surface area (Å²) in [6.07, 6.45) is 6.10. The Bertz CT molecular complexity index is 345. The number of ether oxygens (including phenoxy) is 1. The van der Waals surface area contributed by atoms with E-state index in [4.69, 9.17) is 9.84 Å². The van der Waals surface area contributed by atoms with E-state index in [1.54, 1.807) is 6.08 Å². The number of carbonyl (C=O) groups excluding carboxylic acids is 1. The lowest BCUT2D eigenvalue weighted by Gasteiger charge is -2.15. The number of hydrogen-bond donors (Lipinski definition) is 2. The molecule has 0 saturated carbocycles. The van der Waals surface area contributed by atoms with Gasteiger partial charge in [-0.15, -0.1) is 0 Å². The van der Waals surface area contributed by atoms with Crippen LogP contribution in [0, 0.1) is 0 Å². The van der Waals surface area contributed by atoms with Gasteiger partial charge in [0.05, 0.1) is 0 Å². The number of aliphatic hydroxyl groups is 1. The summed E-state index contributed by atoms with van der Waals surface area (Å²) in [6, 6.07) is 0. The molecule has 1 amide bonds. The van der Waals surface area contributed by atoms with Crippen molar-refractivity contribution in [2.75, 3.05) is 13.2 Å². The van der Waals surface area contributed by atoms with Crippen LogP contribution in [0.1, 0.15) is 33.6 Å². The van der Waals surface area contributed by atoms with Crippen LogP contribution in [-0.2, 0) is 4.74 Å². The molecule has 19 heavy (non-hydrogen) atoms. The van der Waals surface area contributed by atoms with E-state index in [-0.39, 0.29) is 12.7 Å². The van der Waals surface area contributed by atoms with Crippen molar-refractivity contribution in [2.45, 2.75) is 39.7 Å². The van der Waals surface area contributed by atoms with Crippen molar-refractivity contribution in [2.24, 2.45) is 0 Å². The average Bonchev–Trinajstić information content (AvgIpc) is 2.42. The number of rotatable bonds is 8. The molecule has 0 aliphatic carbocycles. The standard InChI is InChI=1S/C15H25NO3/c1-5-12(4)10-13(6-2)11-16-15(18)19-14(7-3)8-9-17/h5-6,10,14,17H,2,7-9,11H2,1,3-4H3,(H,16,18)/b12-5-,13-10+/t14-/m0/s1. The topological polar surface area (TPSA) is 58.6 Å². The van der Waals surface area contributed by atoms with Crippen LogP contribution in [-0.4, -0.2) is 30.5 Å². The van der Waals surface area contributed by atoms with Gasteiger partial charge in [-0.05, 0) is 25.8 Å². The van der Waals surface area contributed by atoms with Gasteiger partial charge >= 0.3 is 6.09 Å². The predicted octanol–water partition coefficient (Wildman–Crippen LogP) is 2.95. The van der Waals surface area contributed by atoms with Crippen LogP contribution in [0.15, 0.2) is 36.0 Å². The highest BCUT2D eigenvalue weighted by Gasteiger charge is 2.11. The molecular formula is C15H25NO3. The minimum atomic E-state index is -0.466. The van der Waals surface area contributed by atoms with Gasteiger partial charge in [-0.25, -0.2) is 4.79 Å². The summed E-state index contributed by atoms with van der Waals surface area (Å²) < 4.78 is 5.18. The Morgan fingerprint density at radius 2 is 2.21 bits per heavy atom. The zero-order chi connectivity index (χ0) is 14.7. The lowest BCUT2D eigenvalue weighted by Crippen LogP contribution is -2.30. The molecule has 0 fully saturated rings. The SMILES string of the molecule is C=C/C(=C\C(C)=C/C)CNC(=O)O[C@@H](CC)CCO. The summed E-state index contributed by atoms with van der Waals surface area (Å²) in [5.41, 5.74) is 2.03. The molecule has 2 N–H and O–H groups in total. The fourth-order valence-corrected chi connectivity index (χ4v) is 1.42. The van der Waals surface area contributed by atoms with E-state index in [0.717, 1.165) is 11.1 Å². The summed E-state index contributed by atoms with van der Waals surface area (Å²) in [7, 11) is 0. The second kappa shape index (κ2) is 10.4. The van der Waals surface area contributed by atoms with E-state index >= 15 is 0 Å². The largest absolute Gasteiger partial charge is 0.446 e. The molecule has 4 heteroatoms. The van der Waals surface area contributed by atoms with Gasteiger partial charge in [-0.2, -0.15) is 0 Å². The van der Waals surface area contributed by atoms with Crippen molar-refractivity contribution >= 4 is 6.09 Å². The number of carbonyl (C=O) groups is 1. The van der Waals surface area contributed by atoms with Crippen molar-refractivity contribution in [3.63, 3.8) is 0 Å². The third kappa shape index (κ3) is 8.21. The summed E-state index contributed by atoms with van der Waals surface area (Å²) in [5.74, 6) is 0. The first-order valence-corrected chi connectivity index (χ1v) is 6.58. The highest BCUT2D eigenvalue weighted by molar-refractivity contribution is 5.67. The maximum absolute atomic E-state index is 11.6. The lowest BCUT2D eigenvalue weighted by atomic mass is 10.1. The van der Waals surface area contributed by atoms with Gasteiger partial charge in [0.2, 0.25) is 0 Å². The van der Waals surface area contributed by atoms with Gasteiger partial charge in [0.1, 0.15) is 6.10 Å². The number of hydrogen-bond acceptors (Lipinski definition) is 3. The van der Waals surface area contributed by atoms with Crippen LogP contribution in [0.4, 0.5) is 4.79 Å². The molecule has 0 spiro atoms. The molecule has 0 rings (SSSR count). The van der Waals surface area contributed by atoms with Gasteiger partial charge in [-0.1, -0.05) is 37.3 Å². The highest BCUT2D eigenvalue weighted by Crippen LogP contribution is 2.05. The molecule has 0 aromatic heterocycles. The Kier molecular flexibility index (Phi) is 9.53. The Morgan fingerprint density at radius 1 is 1.53 bits per heavy atom. The molecule has 0 aromatic rings. The normalized spacial score (nSPS) is 13.9. The third-order valence-electron chi connectivity index (χ3n) is 2.75. The molecule has 0 saturated heterocycles. The fraction of sp³-hybridized carbons (Fsp3) is 0.533. The van der Waals surface area contributed by atoms with Crippen molar-refractivity contribution < 1.29 is 14.6 Å². The molecule has 0 aliphatic rings. The zero-order valence-electron chi connectivity index (χ0n) is 12.1. The second-order valence-electron chi connectivity index (χ2n) is 4.26. The Morgan fingerprint density at radius 3 is 2.68 bits per heavy atom. The van der Waals surface area contributed by atoms with Crippen LogP contribution in [0.5, 0.6) is 0 Å². The van der Waals surface area contributed by atoms with E-state index < -0.39 is 6.09 Å². The molecule has 0 bridgehead atoms. The smallest absolute Gasteiger partial charge is 0.407 e. The van der Waals surface area contributed by atoms with Gasteiger partial charge in [0.15, 0.2) is 0 Å². The van der Waals surface area contributed by atoms with Crippen LogP contribution < -0.4 is 5.32 Å². The monoisotopic (exact) mass is 267 g/mol. The van der Waals surface area contributed by atoms with Gasteiger partial charge in [0.25, 0.3) is 0 Å². The highest BCUT2D eigenvalue weighted by atomic mass is 16.6. The van der Waals surface area contributed by atoms with E-state index in [1.807, 2.05) is 32.9 Å². The Labute approximate surface area is 115 Å². The van der Waals surface area contributed by atoms with Crippen LogP contribution in [0.3, 0.4) is 0 Å². The van der Waals surface area contributed by atoms with Crippen molar-refractivity contribution in [3.8, 4) is 0 Å². The van der Waals surface area contributed by atoms with E-state index in [1.165, 1.54) is 0 Å². The number of amides is 1. The van der Waals surface area contributed by atoms with E-state index in [2.05, 4.69) is 11.9 Å². The molecule has 1 atom stereocenters. The minimum absolute atomic E-state index is 0.0179. The first-order chi connectivity index (χ1) is 9.07. The average molecular weight is 267 g/mol. The first kappa shape index (κ1) is 17.4. The number of aliphatic hydroxyl groups excluding tert-OH is 1.